The van der Waals surface area contributed by atoms with E-state index in [1.165, 1.54) is 0 Å². The predicted molar refractivity (Wildman–Crippen MR) is 331 cm³/mol. The molecule has 396 valence electrons. The second-order valence-electron chi connectivity index (χ2n) is 21.0. The summed E-state index contributed by atoms with van der Waals surface area (Å²) < 4.78 is 73.5. The van der Waals surface area contributed by atoms with E-state index in [2.05, 4.69) is 74.1 Å². The average Bonchev–Trinajstić information content (AvgIpc) is 1.19. The van der Waals surface area contributed by atoms with Crippen LogP contribution < -0.4 is 9.30 Å². The molecule has 0 aliphatic rings. The first kappa shape index (κ1) is 45.1. The topological polar surface area (TPSA) is 35.9 Å². The molecular weight excluding hydrogens is 1180 g/mol. The molecule has 0 unspecified atom stereocenters. The standard InChI is InChI=1S/C76H54N4O.Pt/c1-76(2,3)62-40-41-77-74(48-62)80-70-35-17-16-32-68(70)69-39-38-65(50-73(69)80)81-64-31-20-30-63(49-64)78-51-79(72-37-19-18-36-71(72)78)75-66(60-44-56(52-22-8-4-9-23-52)42-57(45-60)53-24-10-5-11-25-53)33-21-34-67(75)61-46-58(54-26-12-6-13-27-54)43-59(47-61)55-28-14-7-15-29-55;/h4-48H,1-3H3;/q-2;/i42D,43D,44D,45D,46D,47D;. The van der Waals surface area contributed by atoms with E-state index in [9.17, 15) is 8.22 Å². The van der Waals surface area contributed by atoms with Crippen LogP contribution in [0.25, 0.3) is 117 Å². The van der Waals surface area contributed by atoms with Gasteiger partial charge in [-0.15, -0.1) is 29.7 Å². The molecule has 0 saturated heterocycles. The van der Waals surface area contributed by atoms with Gasteiger partial charge in [0.1, 0.15) is 5.82 Å². The minimum absolute atomic E-state index is 0. The number of imidazole rings is 1. The number of hydrogen-bond acceptors (Lipinski definition) is 2. The smallest absolute Gasteiger partial charge is 0.268 e. The van der Waals surface area contributed by atoms with Crippen molar-refractivity contribution in [3.05, 3.63) is 297 Å². The Balaban J connectivity index is 0.00000714. The largest absolute Gasteiger partial charge is 0.510 e. The molecule has 3 aromatic heterocycles. The van der Waals surface area contributed by atoms with E-state index in [0.29, 0.717) is 84.0 Å². The summed E-state index contributed by atoms with van der Waals surface area (Å²) in [6.45, 7) is 6.58. The molecule has 14 aromatic rings. The van der Waals surface area contributed by atoms with Gasteiger partial charge in [-0.2, -0.15) is 18.2 Å². The molecule has 3 heterocycles. The number of nitrogens with zero attached hydrogens (tertiary/aromatic N) is 4. The normalized spacial score (nSPS) is 12.5. The second kappa shape index (κ2) is 21.8. The van der Waals surface area contributed by atoms with Crippen LogP contribution in [-0.4, -0.2) is 14.1 Å². The van der Waals surface area contributed by atoms with Crippen LogP contribution in [0.2, 0.25) is 0 Å². The van der Waals surface area contributed by atoms with Gasteiger partial charge in [0, 0.05) is 44.3 Å². The van der Waals surface area contributed by atoms with Crippen LogP contribution >= 0.6 is 0 Å². The monoisotopic (exact) mass is 1240 g/mol. The molecule has 0 fully saturated rings. The van der Waals surface area contributed by atoms with Crippen LogP contribution in [0.1, 0.15) is 34.6 Å². The maximum Gasteiger partial charge on any atom is 0.268 e. The fourth-order valence-corrected chi connectivity index (χ4v) is 10.7. The van der Waals surface area contributed by atoms with E-state index in [1.54, 1.807) is 0 Å². The minimum Gasteiger partial charge on any atom is -0.510 e. The molecule has 0 aliphatic carbocycles. The van der Waals surface area contributed by atoms with Gasteiger partial charge >= 0.3 is 0 Å². The molecule has 11 aromatic carbocycles. The minimum atomic E-state index is -0.0985. The van der Waals surface area contributed by atoms with Crippen molar-refractivity contribution in [2.45, 2.75) is 26.2 Å². The van der Waals surface area contributed by atoms with Crippen molar-refractivity contribution in [2.24, 2.45) is 0 Å². The SMILES string of the molecule is [2H]c1c(-c2ccccc2)c([2H])c(-c2cccc(-c3c([2H])c(-c4ccccc4)c([2H])c(-c4ccccc4)c3[2H])c2-[n+]2[c-]n(-c3[c-]c(Oc4[c-]c5c(cc4)c4ccccc4n5-c4cc(C(C)(C)C)ccn4)ccc3)c3ccccc32)c([2H])c1-c1ccccc1.[Pt]. The summed E-state index contributed by atoms with van der Waals surface area (Å²) in [6, 6.07) is 80.4. The summed E-state index contributed by atoms with van der Waals surface area (Å²) >= 11 is 0. The number of para-hydroxylation sites is 4. The van der Waals surface area contributed by atoms with Gasteiger partial charge in [-0.1, -0.05) is 208 Å². The van der Waals surface area contributed by atoms with Gasteiger partial charge in [-0.05, 0) is 143 Å². The molecule has 0 bridgehead atoms. The molecular formula is C76H54N4OPt-2. The first-order valence-electron chi connectivity index (χ1n) is 30.0. The Morgan fingerprint density at radius 2 is 0.939 bits per heavy atom. The van der Waals surface area contributed by atoms with Crippen molar-refractivity contribution < 1.29 is 38.6 Å². The van der Waals surface area contributed by atoms with Crippen LogP contribution in [0.15, 0.2) is 273 Å². The van der Waals surface area contributed by atoms with Gasteiger partial charge in [-0.25, -0.2) is 4.98 Å². The first-order valence-corrected chi connectivity index (χ1v) is 27.0. The molecule has 0 saturated carbocycles. The van der Waals surface area contributed by atoms with Gasteiger partial charge in [0.2, 0.25) is 0 Å². The third-order valence-electron chi connectivity index (χ3n) is 14.7. The average molecular weight is 1240 g/mol. The number of aromatic nitrogens is 4. The Kier molecular flexibility index (Phi) is 12.0. The number of benzene rings is 11. The van der Waals surface area contributed by atoms with Crippen LogP contribution in [0.4, 0.5) is 0 Å². The molecule has 0 amide bonds. The molecule has 6 heteroatoms. The number of fused-ring (bicyclic) bond motifs is 4. The summed E-state index contributed by atoms with van der Waals surface area (Å²) in [5.41, 5.74) is 10.6. The van der Waals surface area contributed by atoms with E-state index in [-0.39, 0.29) is 73.9 Å². The Hall–Kier alpha value is -9.67. The molecule has 0 radical (unpaired) electrons. The van der Waals surface area contributed by atoms with Crippen LogP contribution in [0.3, 0.4) is 0 Å². The summed E-state index contributed by atoms with van der Waals surface area (Å²) in [5.74, 6) is 1.67. The zero-order valence-corrected chi connectivity index (χ0v) is 47.3. The predicted octanol–water partition coefficient (Wildman–Crippen LogP) is 18.9. The van der Waals surface area contributed by atoms with Gasteiger partial charge in [-0.3, -0.25) is 4.57 Å². The Morgan fingerprint density at radius 1 is 0.451 bits per heavy atom. The third-order valence-corrected chi connectivity index (χ3v) is 14.7. The molecule has 82 heavy (non-hydrogen) atoms. The summed E-state index contributed by atoms with van der Waals surface area (Å²) in [6.07, 6.45) is 5.57. The number of rotatable bonds is 11. The third kappa shape index (κ3) is 9.84. The van der Waals surface area contributed by atoms with E-state index in [0.717, 1.165) is 38.7 Å². The van der Waals surface area contributed by atoms with Crippen molar-refractivity contribution >= 4 is 32.8 Å². The molecule has 14 rings (SSSR count). The number of pyridine rings is 1. The molecule has 0 N–H and O–H groups in total. The van der Waals surface area contributed by atoms with Crippen molar-refractivity contribution in [1.82, 2.24) is 14.1 Å². The maximum absolute atomic E-state index is 10.3. The molecule has 0 spiro atoms. The second-order valence-corrected chi connectivity index (χ2v) is 21.0. The fourth-order valence-electron chi connectivity index (χ4n) is 10.7. The van der Waals surface area contributed by atoms with E-state index in [1.807, 2.05) is 216 Å². The van der Waals surface area contributed by atoms with Crippen molar-refractivity contribution in [3.8, 4) is 95.5 Å². The molecule has 0 aliphatic heterocycles. The summed E-state index contributed by atoms with van der Waals surface area (Å²) in [4.78, 5) is 4.87. The quantitative estimate of drug-likeness (QED) is 0.0956. The number of ether oxygens (including phenoxy) is 1. The summed E-state index contributed by atoms with van der Waals surface area (Å²) in [5, 5.41) is 2.08. The van der Waals surface area contributed by atoms with Crippen molar-refractivity contribution in [1.29, 1.82) is 0 Å². The molecule has 0 atom stereocenters. The van der Waals surface area contributed by atoms with Crippen LogP contribution in [0.5, 0.6) is 11.5 Å². The number of hydrogen-bond donors (Lipinski definition) is 0. The fraction of sp³-hybridized carbons (Fsp3) is 0.0526. The van der Waals surface area contributed by atoms with Crippen molar-refractivity contribution in [3.63, 3.8) is 0 Å². The summed E-state index contributed by atoms with van der Waals surface area (Å²) in [7, 11) is 0. The maximum atomic E-state index is 10.3. The zero-order chi connectivity index (χ0) is 59.7. The zero-order valence-electron chi connectivity index (χ0n) is 51.0. The Labute approximate surface area is 501 Å². The molecule has 5 nitrogen and oxygen atoms in total. The Morgan fingerprint density at radius 3 is 1.50 bits per heavy atom. The first-order chi connectivity index (χ1) is 42.3. The van der Waals surface area contributed by atoms with E-state index in [4.69, 9.17) is 9.72 Å². The van der Waals surface area contributed by atoms with Crippen molar-refractivity contribution in [2.75, 3.05) is 0 Å². The van der Waals surface area contributed by atoms with E-state index >= 15 is 0 Å². The van der Waals surface area contributed by atoms with Gasteiger partial charge in [0.05, 0.1) is 24.9 Å². The van der Waals surface area contributed by atoms with E-state index < -0.39 is 0 Å². The van der Waals surface area contributed by atoms with Crippen LogP contribution in [-0.2, 0) is 26.5 Å². The van der Waals surface area contributed by atoms with Crippen LogP contribution in [0, 0.1) is 18.5 Å². The van der Waals surface area contributed by atoms with Gasteiger partial charge in [0.25, 0.3) is 6.33 Å². The van der Waals surface area contributed by atoms with Gasteiger partial charge < -0.3 is 13.9 Å². The Bertz CT molecular complexity index is 4710. The van der Waals surface area contributed by atoms with Gasteiger partial charge in [0.15, 0.2) is 0 Å².